The molecular formula is C55H35NO3. The van der Waals surface area contributed by atoms with E-state index in [4.69, 9.17) is 13.9 Å². The van der Waals surface area contributed by atoms with Crippen LogP contribution in [0.1, 0.15) is 22.3 Å². The van der Waals surface area contributed by atoms with E-state index < -0.39 is 5.41 Å². The molecule has 0 radical (unpaired) electrons. The first kappa shape index (κ1) is 33.3. The summed E-state index contributed by atoms with van der Waals surface area (Å²) in [5, 5.41) is 2.20. The Morgan fingerprint density at radius 3 is 1.73 bits per heavy atom. The van der Waals surface area contributed by atoms with Crippen molar-refractivity contribution in [1.29, 1.82) is 0 Å². The highest BCUT2D eigenvalue weighted by molar-refractivity contribution is 6.06. The molecule has 0 unspecified atom stereocenters. The van der Waals surface area contributed by atoms with E-state index in [2.05, 4.69) is 169 Å². The molecule has 2 aliphatic rings. The quantitative estimate of drug-likeness (QED) is 0.169. The van der Waals surface area contributed by atoms with Gasteiger partial charge in [0.05, 0.1) is 5.41 Å². The van der Waals surface area contributed by atoms with Crippen LogP contribution in [-0.2, 0) is 5.41 Å². The van der Waals surface area contributed by atoms with Crippen LogP contribution in [0.5, 0.6) is 23.0 Å². The summed E-state index contributed by atoms with van der Waals surface area (Å²) in [4.78, 5) is 2.34. The van der Waals surface area contributed by atoms with Crippen LogP contribution >= 0.6 is 0 Å². The average Bonchev–Trinajstić information content (AvgIpc) is 3.82. The molecule has 0 N–H and O–H groups in total. The van der Waals surface area contributed by atoms with Crippen molar-refractivity contribution in [2.45, 2.75) is 5.41 Å². The van der Waals surface area contributed by atoms with Gasteiger partial charge >= 0.3 is 0 Å². The van der Waals surface area contributed by atoms with Crippen molar-refractivity contribution >= 4 is 39.0 Å². The van der Waals surface area contributed by atoms with Gasteiger partial charge in [-0.25, -0.2) is 0 Å². The topological polar surface area (TPSA) is 34.8 Å². The number of benzene rings is 9. The molecule has 2 heterocycles. The minimum Gasteiger partial charge on any atom is -0.456 e. The van der Waals surface area contributed by atoms with E-state index in [-0.39, 0.29) is 0 Å². The molecule has 9 aromatic carbocycles. The van der Waals surface area contributed by atoms with E-state index in [0.29, 0.717) is 23.0 Å². The lowest BCUT2D eigenvalue weighted by Crippen LogP contribution is -2.28. The lowest BCUT2D eigenvalue weighted by atomic mass is 9.67. The number of hydrogen-bond acceptors (Lipinski definition) is 4. The maximum atomic E-state index is 6.48. The summed E-state index contributed by atoms with van der Waals surface area (Å²) in [6, 6.07) is 75.1. The molecule has 59 heavy (non-hydrogen) atoms. The lowest BCUT2D eigenvalue weighted by molar-refractivity contribution is 0.361. The van der Waals surface area contributed by atoms with Crippen molar-refractivity contribution in [3.05, 3.63) is 235 Å². The molecule has 1 aliphatic carbocycles. The molecule has 10 aromatic rings. The second-order valence-corrected chi connectivity index (χ2v) is 15.2. The van der Waals surface area contributed by atoms with Crippen molar-refractivity contribution in [3.8, 4) is 45.3 Å². The Morgan fingerprint density at radius 2 is 0.932 bits per heavy atom. The average molecular weight is 758 g/mol. The summed E-state index contributed by atoms with van der Waals surface area (Å²) in [5.41, 5.74) is 13.7. The highest BCUT2D eigenvalue weighted by atomic mass is 16.6. The fraction of sp³-hybridized carbons (Fsp3) is 0.0182. The minimum absolute atomic E-state index is 0.532. The number of anilines is 3. The van der Waals surface area contributed by atoms with E-state index in [0.717, 1.165) is 50.1 Å². The van der Waals surface area contributed by atoms with Gasteiger partial charge in [-0.3, -0.25) is 0 Å². The smallest absolute Gasteiger partial charge is 0.177 e. The SMILES string of the molecule is c1ccc(C2(c3ccccc3)c3ccccc3-c3ccc(N(c4ccc(-c5cccc6c5Oc5ccccc5O6)cc4)c4ccc5c(c4)oc4ccccc45)cc32)cc1. The Balaban J connectivity index is 1.05. The second kappa shape index (κ2) is 13.1. The Morgan fingerprint density at radius 1 is 0.356 bits per heavy atom. The van der Waals surface area contributed by atoms with Gasteiger partial charge in [-0.05, 0) is 99.6 Å². The zero-order valence-electron chi connectivity index (χ0n) is 31.9. The summed E-state index contributed by atoms with van der Waals surface area (Å²) >= 11 is 0. The Kier molecular flexibility index (Phi) is 7.41. The zero-order valence-corrected chi connectivity index (χ0v) is 31.9. The molecule has 1 aliphatic heterocycles. The Hall–Kier alpha value is -7.82. The van der Waals surface area contributed by atoms with Gasteiger partial charge in [0.15, 0.2) is 23.0 Å². The fourth-order valence-corrected chi connectivity index (χ4v) is 9.44. The molecular weight excluding hydrogens is 723 g/mol. The van der Waals surface area contributed by atoms with E-state index >= 15 is 0 Å². The maximum Gasteiger partial charge on any atom is 0.177 e. The third-order valence-corrected chi connectivity index (χ3v) is 12.0. The standard InChI is InChI=1S/C55H35NO3/c1-3-14-37(15-4-1)55(38-16-5-2-6-17-38)47-21-9-7-18-43(47)44-32-30-40(34-48(44)55)56(41-31-33-46-45-19-8-10-22-49(45)57-53(46)35-41)39-28-26-36(27-29-39)42-20-13-25-52-54(42)59-51-24-12-11-23-50(51)58-52/h1-35H. The first-order chi connectivity index (χ1) is 29.2. The van der Waals surface area contributed by atoms with Crippen LogP contribution in [0.15, 0.2) is 217 Å². The number of para-hydroxylation sites is 4. The van der Waals surface area contributed by atoms with Crippen LogP contribution in [0, 0.1) is 0 Å². The van der Waals surface area contributed by atoms with E-state index in [1.165, 1.54) is 33.4 Å². The van der Waals surface area contributed by atoms with Gasteiger partial charge in [-0.2, -0.15) is 0 Å². The summed E-state index contributed by atoms with van der Waals surface area (Å²) in [7, 11) is 0. The lowest BCUT2D eigenvalue weighted by Gasteiger charge is -2.35. The first-order valence-corrected chi connectivity index (χ1v) is 20.0. The molecule has 4 heteroatoms. The fourth-order valence-electron chi connectivity index (χ4n) is 9.44. The maximum absolute atomic E-state index is 6.48. The van der Waals surface area contributed by atoms with Crippen LogP contribution < -0.4 is 14.4 Å². The van der Waals surface area contributed by atoms with Crippen molar-refractivity contribution in [3.63, 3.8) is 0 Å². The molecule has 4 nitrogen and oxygen atoms in total. The number of rotatable bonds is 6. The van der Waals surface area contributed by atoms with Gasteiger partial charge in [0.2, 0.25) is 0 Å². The number of furan rings is 1. The molecule has 0 fully saturated rings. The highest BCUT2D eigenvalue weighted by Gasteiger charge is 2.46. The van der Waals surface area contributed by atoms with Gasteiger partial charge in [-0.1, -0.05) is 146 Å². The van der Waals surface area contributed by atoms with Crippen LogP contribution in [0.4, 0.5) is 17.1 Å². The van der Waals surface area contributed by atoms with Gasteiger partial charge in [0, 0.05) is 39.5 Å². The third-order valence-electron chi connectivity index (χ3n) is 12.0. The number of fused-ring (bicyclic) bond motifs is 8. The molecule has 0 spiro atoms. The Labute approximate surface area is 341 Å². The highest BCUT2D eigenvalue weighted by Crippen LogP contribution is 2.57. The predicted octanol–water partition coefficient (Wildman–Crippen LogP) is 15.0. The molecule has 12 rings (SSSR count). The zero-order chi connectivity index (χ0) is 38.9. The Bertz CT molecular complexity index is 3180. The number of nitrogens with zero attached hydrogens (tertiary/aromatic N) is 1. The van der Waals surface area contributed by atoms with E-state index in [1.54, 1.807) is 0 Å². The monoisotopic (exact) mass is 757 g/mol. The predicted molar refractivity (Wildman–Crippen MR) is 238 cm³/mol. The van der Waals surface area contributed by atoms with Crippen LogP contribution in [0.25, 0.3) is 44.2 Å². The summed E-state index contributed by atoms with van der Waals surface area (Å²) in [6.07, 6.45) is 0. The van der Waals surface area contributed by atoms with Gasteiger partial charge < -0.3 is 18.8 Å². The van der Waals surface area contributed by atoms with Gasteiger partial charge in [0.1, 0.15) is 11.2 Å². The summed E-state index contributed by atoms with van der Waals surface area (Å²) < 4.78 is 19.2. The second-order valence-electron chi connectivity index (χ2n) is 15.2. The van der Waals surface area contributed by atoms with Crippen molar-refractivity contribution in [2.75, 3.05) is 4.90 Å². The van der Waals surface area contributed by atoms with Crippen LogP contribution in [0.2, 0.25) is 0 Å². The molecule has 1 aromatic heterocycles. The van der Waals surface area contributed by atoms with Crippen molar-refractivity contribution in [1.82, 2.24) is 0 Å². The first-order valence-electron chi connectivity index (χ1n) is 20.0. The van der Waals surface area contributed by atoms with E-state index in [9.17, 15) is 0 Å². The van der Waals surface area contributed by atoms with Gasteiger partial charge in [0.25, 0.3) is 0 Å². The van der Waals surface area contributed by atoms with Gasteiger partial charge in [-0.15, -0.1) is 0 Å². The van der Waals surface area contributed by atoms with E-state index in [1.807, 2.05) is 48.5 Å². The molecule has 0 bridgehead atoms. The van der Waals surface area contributed by atoms with Crippen LogP contribution in [0.3, 0.4) is 0 Å². The molecule has 0 atom stereocenters. The normalized spacial score (nSPS) is 13.2. The number of ether oxygens (including phenoxy) is 2. The third kappa shape index (κ3) is 5.10. The molecule has 0 saturated heterocycles. The summed E-state index contributed by atoms with van der Waals surface area (Å²) in [5.74, 6) is 2.83. The van der Waals surface area contributed by atoms with Crippen LogP contribution in [-0.4, -0.2) is 0 Å². The van der Waals surface area contributed by atoms with Crippen molar-refractivity contribution in [2.24, 2.45) is 0 Å². The largest absolute Gasteiger partial charge is 0.456 e. The summed E-state index contributed by atoms with van der Waals surface area (Å²) in [6.45, 7) is 0. The molecule has 0 saturated carbocycles. The van der Waals surface area contributed by atoms with Crippen molar-refractivity contribution < 1.29 is 13.9 Å². The molecule has 278 valence electrons. The minimum atomic E-state index is -0.532. The number of hydrogen-bond donors (Lipinski definition) is 0. The molecule has 0 amide bonds.